The average molecular weight is 272 g/mol. The zero-order chi connectivity index (χ0) is 14.1. The van der Waals surface area contributed by atoms with Crippen LogP contribution in [-0.4, -0.2) is 35.0 Å². The molecule has 0 saturated carbocycles. The van der Waals surface area contributed by atoms with Gasteiger partial charge in [0.25, 0.3) is 0 Å². The Kier molecular flexibility index (Phi) is 3.28. The number of allylic oxidation sites excluding steroid dienone is 1. The van der Waals surface area contributed by atoms with Crippen molar-refractivity contribution in [2.45, 2.75) is 25.4 Å². The number of hydrogen-bond acceptors (Lipinski definition) is 5. The fourth-order valence-corrected chi connectivity index (χ4v) is 2.70. The topological polar surface area (TPSA) is 74.4 Å². The highest BCUT2D eigenvalue weighted by Gasteiger charge is 2.33. The predicted molar refractivity (Wildman–Crippen MR) is 75.6 cm³/mol. The van der Waals surface area contributed by atoms with Crippen molar-refractivity contribution < 1.29 is 15.1 Å². The second-order valence-electron chi connectivity index (χ2n) is 4.90. The van der Waals surface area contributed by atoms with Crippen molar-refractivity contribution in [1.82, 2.24) is 0 Å². The first-order valence-corrected chi connectivity index (χ1v) is 6.60. The van der Waals surface area contributed by atoms with Gasteiger partial charge in [-0.1, -0.05) is 5.16 Å². The Bertz CT molecular complexity index is 615. The van der Waals surface area contributed by atoms with E-state index in [0.717, 1.165) is 29.7 Å². The SMILES string of the molecule is COc1ccc(C2=NC3=C(CCC/C3=N\O)C2O)cc1. The van der Waals surface area contributed by atoms with Crippen LogP contribution in [0.2, 0.25) is 0 Å². The van der Waals surface area contributed by atoms with E-state index in [2.05, 4.69) is 10.1 Å². The molecule has 2 aliphatic rings. The Balaban J connectivity index is 1.96. The van der Waals surface area contributed by atoms with E-state index >= 15 is 0 Å². The third-order valence-corrected chi connectivity index (χ3v) is 3.77. The summed E-state index contributed by atoms with van der Waals surface area (Å²) in [6, 6.07) is 7.41. The predicted octanol–water partition coefficient (Wildman–Crippen LogP) is 2.13. The smallest absolute Gasteiger partial charge is 0.120 e. The Morgan fingerprint density at radius 1 is 1.25 bits per heavy atom. The Morgan fingerprint density at radius 3 is 2.65 bits per heavy atom. The highest BCUT2D eigenvalue weighted by atomic mass is 16.5. The van der Waals surface area contributed by atoms with Gasteiger partial charge in [-0.2, -0.15) is 0 Å². The molecule has 0 fully saturated rings. The van der Waals surface area contributed by atoms with Crippen molar-refractivity contribution in [1.29, 1.82) is 0 Å². The largest absolute Gasteiger partial charge is 0.497 e. The van der Waals surface area contributed by atoms with Crippen molar-refractivity contribution in [3.8, 4) is 5.75 Å². The summed E-state index contributed by atoms with van der Waals surface area (Å²) in [5, 5.41) is 22.8. The molecule has 3 rings (SSSR count). The second-order valence-corrected chi connectivity index (χ2v) is 4.90. The summed E-state index contributed by atoms with van der Waals surface area (Å²) in [5.41, 5.74) is 3.53. The summed E-state index contributed by atoms with van der Waals surface area (Å²) in [6.07, 6.45) is 1.65. The summed E-state index contributed by atoms with van der Waals surface area (Å²) < 4.78 is 5.12. The number of aliphatic imine (C=N–C) groups is 1. The zero-order valence-corrected chi connectivity index (χ0v) is 11.2. The van der Waals surface area contributed by atoms with E-state index < -0.39 is 6.10 Å². The maximum atomic E-state index is 10.4. The molecule has 5 heteroatoms. The molecule has 0 amide bonds. The number of rotatable bonds is 2. The Hall–Kier alpha value is -2.14. The third kappa shape index (κ3) is 2.00. The quantitative estimate of drug-likeness (QED) is 0.639. The fourth-order valence-electron chi connectivity index (χ4n) is 2.70. The van der Waals surface area contributed by atoms with Gasteiger partial charge in [-0.25, -0.2) is 4.99 Å². The Morgan fingerprint density at radius 2 is 2.00 bits per heavy atom. The van der Waals surface area contributed by atoms with Crippen molar-refractivity contribution in [2.75, 3.05) is 7.11 Å². The molecule has 2 N–H and O–H groups in total. The van der Waals surface area contributed by atoms with Crippen LogP contribution in [0.15, 0.2) is 45.7 Å². The van der Waals surface area contributed by atoms with E-state index in [-0.39, 0.29) is 0 Å². The molecule has 1 aliphatic carbocycles. The molecule has 20 heavy (non-hydrogen) atoms. The van der Waals surface area contributed by atoms with Crippen LogP contribution in [0.4, 0.5) is 0 Å². The second kappa shape index (κ2) is 5.09. The molecule has 1 aromatic rings. The summed E-state index contributed by atoms with van der Waals surface area (Å²) in [5.74, 6) is 0.761. The standard InChI is InChI=1S/C15H16N2O3/c1-20-10-7-5-9(6-8-10)13-15(18)11-3-2-4-12(17-19)14(11)16-13/h5-8,15,18-19H,2-4H2,1H3/b17-12+. The van der Waals surface area contributed by atoms with Crippen LogP contribution in [0.5, 0.6) is 5.75 Å². The molecule has 1 aliphatic heterocycles. The van der Waals surface area contributed by atoms with Gasteiger partial charge in [-0.05, 0) is 54.7 Å². The highest BCUT2D eigenvalue weighted by molar-refractivity contribution is 6.14. The van der Waals surface area contributed by atoms with E-state index in [9.17, 15) is 5.11 Å². The van der Waals surface area contributed by atoms with Crippen molar-refractivity contribution in [3.63, 3.8) is 0 Å². The van der Waals surface area contributed by atoms with Gasteiger partial charge < -0.3 is 15.1 Å². The summed E-state index contributed by atoms with van der Waals surface area (Å²) in [6.45, 7) is 0. The number of methoxy groups -OCH3 is 1. The molecule has 1 aromatic carbocycles. The number of oxime groups is 1. The number of ether oxygens (including phenoxy) is 1. The van der Waals surface area contributed by atoms with Gasteiger partial charge >= 0.3 is 0 Å². The Labute approximate surface area is 116 Å². The van der Waals surface area contributed by atoms with Gasteiger partial charge in [-0.3, -0.25) is 0 Å². The molecule has 0 saturated heterocycles. The number of hydrogen-bond donors (Lipinski definition) is 2. The maximum Gasteiger partial charge on any atom is 0.120 e. The van der Waals surface area contributed by atoms with Gasteiger partial charge in [-0.15, -0.1) is 0 Å². The molecular formula is C15H16N2O3. The molecule has 0 bridgehead atoms. The van der Waals surface area contributed by atoms with Crippen molar-refractivity contribution >= 4 is 11.4 Å². The van der Waals surface area contributed by atoms with E-state index in [1.165, 1.54) is 0 Å². The molecule has 1 atom stereocenters. The minimum Gasteiger partial charge on any atom is -0.497 e. The van der Waals surface area contributed by atoms with Crippen molar-refractivity contribution in [3.05, 3.63) is 41.1 Å². The van der Waals surface area contributed by atoms with Gasteiger partial charge in [0.2, 0.25) is 0 Å². The summed E-state index contributed by atoms with van der Waals surface area (Å²) in [7, 11) is 1.61. The third-order valence-electron chi connectivity index (χ3n) is 3.77. The lowest BCUT2D eigenvalue weighted by molar-refractivity contribution is 0.274. The molecular weight excluding hydrogens is 256 g/mol. The van der Waals surface area contributed by atoms with Gasteiger partial charge in [0.05, 0.1) is 18.5 Å². The lowest BCUT2D eigenvalue weighted by Crippen LogP contribution is -2.21. The first-order valence-electron chi connectivity index (χ1n) is 6.60. The molecule has 104 valence electrons. The number of aliphatic hydroxyl groups excluding tert-OH is 1. The summed E-state index contributed by atoms with van der Waals surface area (Å²) >= 11 is 0. The first-order chi connectivity index (χ1) is 9.74. The van der Waals surface area contributed by atoms with E-state index in [0.29, 0.717) is 23.5 Å². The minimum absolute atomic E-state index is 0.564. The summed E-state index contributed by atoms with van der Waals surface area (Å²) in [4.78, 5) is 4.48. The van der Waals surface area contributed by atoms with Gasteiger partial charge in [0, 0.05) is 0 Å². The van der Waals surface area contributed by atoms with Crippen LogP contribution < -0.4 is 4.74 Å². The average Bonchev–Trinajstić information content (AvgIpc) is 2.85. The molecule has 0 spiro atoms. The van der Waals surface area contributed by atoms with Gasteiger partial charge in [0.1, 0.15) is 17.6 Å². The van der Waals surface area contributed by atoms with Crippen LogP contribution in [-0.2, 0) is 0 Å². The van der Waals surface area contributed by atoms with E-state index in [1.807, 2.05) is 24.3 Å². The normalized spacial score (nSPS) is 23.8. The molecule has 1 unspecified atom stereocenters. The highest BCUT2D eigenvalue weighted by Crippen LogP contribution is 2.33. The van der Waals surface area contributed by atoms with Crippen LogP contribution in [0, 0.1) is 0 Å². The minimum atomic E-state index is -0.713. The molecule has 0 radical (unpaired) electrons. The maximum absolute atomic E-state index is 10.4. The number of benzene rings is 1. The fraction of sp³-hybridized carbons (Fsp3) is 0.333. The number of aliphatic hydroxyl groups is 1. The lowest BCUT2D eigenvalue weighted by atomic mass is 9.91. The first kappa shape index (κ1) is 12.9. The molecule has 0 aromatic heterocycles. The van der Waals surface area contributed by atoms with Gasteiger partial charge in [0.15, 0.2) is 0 Å². The molecule has 5 nitrogen and oxygen atoms in total. The number of nitrogens with zero attached hydrogens (tertiary/aromatic N) is 2. The van der Waals surface area contributed by atoms with Crippen LogP contribution in [0.25, 0.3) is 0 Å². The monoisotopic (exact) mass is 272 g/mol. The van der Waals surface area contributed by atoms with Crippen LogP contribution in [0.1, 0.15) is 24.8 Å². The van der Waals surface area contributed by atoms with E-state index in [4.69, 9.17) is 9.94 Å². The van der Waals surface area contributed by atoms with Crippen LogP contribution >= 0.6 is 0 Å². The molecule has 1 heterocycles. The lowest BCUT2D eigenvalue weighted by Gasteiger charge is -2.16. The van der Waals surface area contributed by atoms with Crippen LogP contribution in [0.3, 0.4) is 0 Å². The van der Waals surface area contributed by atoms with E-state index in [1.54, 1.807) is 7.11 Å². The zero-order valence-electron chi connectivity index (χ0n) is 11.2. The van der Waals surface area contributed by atoms with Crippen molar-refractivity contribution in [2.24, 2.45) is 10.1 Å².